The molecule has 0 spiro atoms. The molecule has 0 fully saturated rings. The molecule has 0 aliphatic carbocycles. The van der Waals surface area contributed by atoms with Crippen LogP contribution in [-0.4, -0.2) is 29.2 Å². The number of carbonyl (C=O) groups excluding carboxylic acids is 3. The van der Waals surface area contributed by atoms with Gasteiger partial charge in [0.05, 0.1) is 23.1 Å². The number of nitrogens with one attached hydrogen (secondary N) is 2. The Bertz CT molecular complexity index is 946. The number of nitrogens with two attached hydrogens (primary N) is 2. The molecule has 3 amide bonds. The highest BCUT2D eigenvalue weighted by Gasteiger charge is 2.21. The van der Waals surface area contributed by atoms with Gasteiger partial charge in [-0.3, -0.25) is 24.5 Å². The normalized spacial score (nSPS) is 10.2. The van der Waals surface area contributed by atoms with Gasteiger partial charge in [0.2, 0.25) is 5.91 Å². The Hall–Kier alpha value is -4.02. The van der Waals surface area contributed by atoms with Crippen LogP contribution in [0.15, 0.2) is 36.4 Å². The van der Waals surface area contributed by atoms with E-state index in [-0.39, 0.29) is 24.2 Å². The van der Waals surface area contributed by atoms with Crippen LogP contribution in [0.2, 0.25) is 0 Å². The third kappa shape index (κ3) is 5.00. The molecular weight excluding hydrogens is 373 g/mol. The SMILES string of the molecule is NC(=O)CNC(=O)c1ccc(CNC(=O)c2cc(F)cc([N+](=O)[O-])c2N)cc1. The van der Waals surface area contributed by atoms with Gasteiger partial charge in [-0.15, -0.1) is 0 Å². The summed E-state index contributed by atoms with van der Waals surface area (Å²) < 4.78 is 13.5. The van der Waals surface area contributed by atoms with Crippen molar-refractivity contribution in [2.45, 2.75) is 6.54 Å². The van der Waals surface area contributed by atoms with E-state index >= 15 is 0 Å². The molecule has 0 bridgehead atoms. The molecule has 146 valence electrons. The number of amides is 3. The Morgan fingerprint density at radius 2 is 1.71 bits per heavy atom. The number of benzene rings is 2. The summed E-state index contributed by atoms with van der Waals surface area (Å²) in [5, 5.41) is 15.7. The third-order valence-corrected chi connectivity index (χ3v) is 3.66. The molecule has 0 saturated heterocycles. The number of rotatable bonds is 7. The van der Waals surface area contributed by atoms with Crippen molar-refractivity contribution in [3.8, 4) is 0 Å². The van der Waals surface area contributed by atoms with Crippen molar-refractivity contribution in [3.05, 3.63) is 69.0 Å². The van der Waals surface area contributed by atoms with E-state index in [2.05, 4.69) is 10.6 Å². The van der Waals surface area contributed by atoms with E-state index in [4.69, 9.17) is 11.5 Å². The van der Waals surface area contributed by atoms with Crippen LogP contribution in [0.5, 0.6) is 0 Å². The molecular formula is C17H16FN5O5. The Labute approximate surface area is 157 Å². The molecule has 0 saturated carbocycles. The second kappa shape index (κ2) is 8.58. The average Bonchev–Trinajstić information content (AvgIpc) is 2.65. The van der Waals surface area contributed by atoms with E-state index in [1.165, 1.54) is 12.1 Å². The molecule has 0 aromatic heterocycles. The zero-order valence-corrected chi connectivity index (χ0v) is 14.4. The second-order valence-electron chi connectivity index (χ2n) is 5.67. The Morgan fingerprint density at radius 1 is 1.07 bits per heavy atom. The number of anilines is 1. The molecule has 6 N–H and O–H groups in total. The zero-order chi connectivity index (χ0) is 20.8. The number of nitro benzene ring substituents is 1. The van der Waals surface area contributed by atoms with Gasteiger partial charge in [0.25, 0.3) is 17.5 Å². The fourth-order valence-electron chi connectivity index (χ4n) is 2.26. The fourth-order valence-corrected chi connectivity index (χ4v) is 2.26. The van der Waals surface area contributed by atoms with Crippen LogP contribution >= 0.6 is 0 Å². The molecule has 0 aliphatic heterocycles. The standard InChI is InChI=1S/C17H16FN5O5/c18-11-5-12(15(20)13(6-11)23(27)28)17(26)21-7-9-1-3-10(4-2-9)16(25)22-8-14(19)24/h1-6H,7-8,20H2,(H2,19,24)(H,21,26)(H,22,25). The van der Waals surface area contributed by atoms with Crippen LogP contribution < -0.4 is 22.1 Å². The molecule has 0 aliphatic rings. The lowest BCUT2D eigenvalue weighted by atomic mass is 10.1. The van der Waals surface area contributed by atoms with Crippen molar-refractivity contribution >= 4 is 29.1 Å². The number of nitro groups is 1. The van der Waals surface area contributed by atoms with Crippen molar-refractivity contribution in [1.82, 2.24) is 10.6 Å². The summed E-state index contributed by atoms with van der Waals surface area (Å²) in [7, 11) is 0. The van der Waals surface area contributed by atoms with Gasteiger partial charge in [0.15, 0.2) is 0 Å². The lowest BCUT2D eigenvalue weighted by Gasteiger charge is -2.09. The zero-order valence-electron chi connectivity index (χ0n) is 14.4. The van der Waals surface area contributed by atoms with Crippen molar-refractivity contribution in [3.63, 3.8) is 0 Å². The minimum Gasteiger partial charge on any atom is -0.393 e. The number of halogens is 1. The van der Waals surface area contributed by atoms with Crippen molar-refractivity contribution in [1.29, 1.82) is 0 Å². The Balaban J connectivity index is 2.04. The molecule has 2 aromatic rings. The lowest BCUT2D eigenvalue weighted by molar-refractivity contribution is -0.384. The van der Waals surface area contributed by atoms with Gasteiger partial charge >= 0.3 is 0 Å². The van der Waals surface area contributed by atoms with Crippen LogP contribution in [0.25, 0.3) is 0 Å². The van der Waals surface area contributed by atoms with Crippen LogP contribution in [0.1, 0.15) is 26.3 Å². The van der Waals surface area contributed by atoms with E-state index in [1.807, 2.05) is 0 Å². The van der Waals surface area contributed by atoms with Gasteiger partial charge in [-0.05, 0) is 23.8 Å². The number of hydrogen-bond acceptors (Lipinski definition) is 6. The molecule has 10 nitrogen and oxygen atoms in total. The van der Waals surface area contributed by atoms with E-state index < -0.39 is 39.8 Å². The first-order chi connectivity index (χ1) is 13.2. The molecule has 0 heterocycles. The predicted octanol–water partition coefficient (Wildman–Crippen LogP) is 0.461. The fraction of sp³-hybridized carbons (Fsp3) is 0.118. The summed E-state index contributed by atoms with van der Waals surface area (Å²) in [4.78, 5) is 44.6. The molecule has 0 radical (unpaired) electrons. The number of primary amides is 1. The van der Waals surface area contributed by atoms with Gasteiger partial charge in [-0.25, -0.2) is 4.39 Å². The third-order valence-electron chi connectivity index (χ3n) is 3.66. The molecule has 0 unspecified atom stereocenters. The van der Waals surface area contributed by atoms with Gasteiger partial charge < -0.3 is 22.1 Å². The monoisotopic (exact) mass is 389 g/mol. The highest BCUT2D eigenvalue weighted by molar-refractivity contribution is 6.01. The Kier molecular flexibility index (Phi) is 6.22. The topological polar surface area (TPSA) is 170 Å². The molecule has 2 aromatic carbocycles. The molecule has 2 rings (SSSR count). The number of carbonyl (C=O) groups is 3. The molecule has 0 atom stereocenters. The van der Waals surface area contributed by atoms with E-state index in [1.54, 1.807) is 12.1 Å². The molecule has 11 heteroatoms. The summed E-state index contributed by atoms with van der Waals surface area (Å²) in [5.74, 6) is -2.92. The average molecular weight is 389 g/mol. The van der Waals surface area contributed by atoms with E-state index in [0.29, 0.717) is 11.6 Å². The van der Waals surface area contributed by atoms with Crippen molar-refractivity contribution < 1.29 is 23.7 Å². The van der Waals surface area contributed by atoms with E-state index in [0.717, 1.165) is 6.07 Å². The highest BCUT2D eigenvalue weighted by Crippen LogP contribution is 2.26. The van der Waals surface area contributed by atoms with Crippen molar-refractivity contribution in [2.24, 2.45) is 5.73 Å². The Morgan fingerprint density at radius 3 is 2.29 bits per heavy atom. The summed E-state index contributed by atoms with van der Waals surface area (Å²) in [5.41, 5.74) is 9.91. The van der Waals surface area contributed by atoms with Gasteiger partial charge in [0.1, 0.15) is 11.5 Å². The largest absolute Gasteiger partial charge is 0.393 e. The van der Waals surface area contributed by atoms with Crippen LogP contribution in [-0.2, 0) is 11.3 Å². The van der Waals surface area contributed by atoms with Crippen LogP contribution in [0.4, 0.5) is 15.8 Å². The summed E-state index contributed by atoms with van der Waals surface area (Å²) in [6, 6.07) is 7.49. The quantitative estimate of drug-likeness (QED) is 0.304. The predicted molar refractivity (Wildman–Crippen MR) is 96.6 cm³/mol. The lowest BCUT2D eigenvalue weighted by Crippen LogP contribution is -2.33. The highest BCUT2D eigenvalue weighted by atomic mass is 19.1. The van der Waals surface area contributed by atoms with Gasteiger partial charge in [-0.1, -0.05) is 12.1 Å². The van der Waals surface area contributed by atoms with E-state index in [9.17, 15) is 28.9 Å². The number of nitrogen functional groups attached to an aromatic ring is 1. The first-order valence-corrected chi connectivity index (χ1v) is 7.86. The number of nitrogens with zero attached hydrogens (tertiary/aromatic N) is 1. The van der Waals surface area contributed by atoms with Gasteiger partial charge in [-0.2, -0.15) is 0 Å². The maximum Gasteiger partial charge on any atom is 0.295 e. The van der Waals surface area contributed by atoms with Crippen LogP contribution in [0, 0.1) is 15.9 Å². The van der Waals surface area contributed by atoms with Crippen LogP contribution in [0.3, 0.4) is 0 Å². The second-order valence-corrected chi connectivity index (χ2v) is 5.67. The first-order valence-electron chi connectivity index (χ1n) is 7.86. The summed E-state index contributed by atoms with van der Waals surface area (Å²) in [6.45, 7) is -0.288. The molecule has 28 heavy (non-hydrogen) atoms. The maximum absolute atomic E-state index is 13.5. The number of hydrogen-bond donors (Lipinski definition) is 4. The van der Waals surface area contributed by atoms with Crippen molar-refractivity contribution in [2.75, 3.05) is 12.3 Å². The minimum atomic E-state index is -0.961. The maximum atomic E-state index is 13.5. The smallest absolute Gasteiger partial charge is 0.295 e. The summed E-state index contributed by atoms with van der Waals surface area (Å²) in [6.07, 6.45) is 0. The minimum absolute atomic E-state index is 0.00572. The first kappa shape index (κ1) is 20.3. The van der Waals surface area contributed by atoms with Gasteiger partial charge in [0, 0.05) is 12.1 Å². The summed E-state index contributed by atoms with van der Waals surface area (Å²) >= 11 is 0.